The summed E-state index contributed by atoms with van der Waals surface area (Å²) in [6.07, 6.45) is 1.41. The molecule has 162 valence electrons. The molecule has 0 saturated carbocycles. The SMILES string of the molecule is CCN1CCN(C(=O)[C@@H]2CCCN(S(=O)(=O)c3ccc(OC)c(OC)c3)C2)CC1. The van der Waals surface area contributed by atoms with Crippen LogP contribution in [0.5, 0.6) is 11.5 Å². The highest BCUT2D eigenvalue weighted by Crippen LogP contribution is 2.32. The predicted molar refractivity (Wildman–Crippen MR) is 110 cm³/mol. The van der Waals surface area contributed by atoms with E-state index in [1.165, 1.54) is 30.7 Å². The minimum Gasteiger partial charge on any atom is -0.493 e. The van der Waals surface area contributed by atoms with Gasteiger partial charge in [0, 0.05) is 45.3 Å². The van der Waals surface area contributed by atoms with Crippen molar-refractivity contribution in [1.82, 2.24) is 14.1 Å². The topological polar surface area (TPSA) is 79.4 Å². The fourth-order valence-corrected chi connectivity index (χ4v) is 5.57. The number of hydrogen-bond donors (Lipinski definition) is 0. The third kappa shape index (κ3) is 4.67. The second-order valence-corrected chi connectivity index (χ2v) is 9.42. The van der Waals surface area contributed by atoms with E-state index in [4.69, 9.17) is 9.47 Å². The molecule has 1 amide bonds. The Morgan fingerprint density at radius 1 is 1.07 bits per heavy atom. The molecule has 2 aliphatic rings. The first-order valence-corrected chi connectivity index (χ1v) is 11.6. The van der Waals surface area contributed by atoms with Gasteiger partial charge in [0.2, 0.25) is 15.9 Å². The van der Waals surface area contributed by atoms with Crippen LogP contribution in [0.15, 0.2) is 23.1 Å². The van der Waals surface area contributed by atoms with Crippen LogP contribution in [0.1, 0.15) is 19.8 Å². The van der Waals surface area contributed by atoms with E-state index in [9.17, 15) is 13.2 Å². The average Bonchev–Trinajstić information content (AvgIpc) is 2.78. The summed E-state index contributed by atoms with van der Waals surface area (Å²) in [4.78, 5) is 17.4. The molecular weight excluding hydrogens is 394 g/mol. The number of amides is 1. The second-order valence-electron chi connectivity index (χ2n) is 7.48. The molecule has 8 nitrogen and oxygen atoms in total. The molecule has 1 aromatic rings. The van der Waals surface area contributed by atoms with Gasteiger partial charge in [0.25, 0.3) is 0 Å². The van der Waals surface area contributed by atoms with Crippen molar-refractivity contribution in [3.63, 3.8) is 0 Å². The zero-order chi connectivity index (χ0) is 21.0. The molecule has 0 aliphatic carbocycles. The van der Waals surface area contributed by atoms with Crippen molar-refractivity contribution in [3.05, 3.63) is 18.2 Å². The van der Waals surface area contributed by atoms with Gasteiger partial charge in [-0.2, -0.15) is 4.31 Å². The van der Waals surface area contributed by atoms with E-state index >= 15 is 0 Å². The lowest BCUT2D eigenvalue weighted by molar-refractivity contribution is -0.138. The Hall–Kier alpha value is -1.84. The Morgan fingerprint density at radius 3 is 2.38 bits per heavy atom. The Balaban J connectivity index is 1.72. The van der Waals surface area contributed by atoms with Crippen LogP contribution in [-0.2, 0) is 14.8 Å². The molecule has 1 atom stereocenters. The fraction of sp³-hybridized carbons (Fsp3) is 0.650. The molecule has 0 aromatic heterocycles. The molecule has 1 aromatic carbocycles. The average molecular weight is 426 g/mol. The normalized spacial score (nSPS) is 21.8. The zero-order valence-electron chi connectivity index (χ0n) is 17.5. The van der Waals surface area contributed by atoms with Crippen molar-refractivity contribution < 1.29 is 22.7 Å². The lowest BCUT2D eigenvalue weighted by Gasteiger charge is -2.38. The first-order valence-electron chi connectivity index (χ1n) is 10.1. The number of likely N-dealkylation sites (N-methyl/N-ethyl adjacent to an activating group) is 1. The van der Waals surface area contributed by atoms with E-state index in [0.717, 1.165) is 26.1 Å². The number of sulfonamides is 1. The number of benzene rings is 1. The smallest absolute Gasteiger partial charge is 0.243 e. The summed E-state index contributed by atoms with van der Waals surface area (Å²) in [5.74, 6) is 0.635. The van der Waals surface area contributed by atoms with E-state index in [1.54, 1.807) is 6.07 Å². The van der Waals surface area contributed by atoms with Gasteiger partial charge in [0.1, 0.15) is 0 Å². The minimum atomic E-state index is -3.71. The van der Waals surface area contributed by atoms with E-state index in [2.05, 4.69) is 11.8 Å². The van der Waals surface area contributed by atoms with Gasteiger partial charge in [-0.05, 0) is 31.5 Å². The first-order chi connectivity index (χ1) is 13.9. The molecule has 2 heterocycles. The number of piperidine rings is 1. The van der Waals surface area contributed by atoms with Crippen molar-refractivity contribution >= 4 is 15.9 Å². The summed E-state index contributed by atoms with van der Waals surface area (Å²) in [5, 5.41) is 0. The monoisotopic (exact) mass is 425 g/mol. The number of methoxy groups -OCH3 is 2. The molecule has 0 spiro atoms. The largest absolute Gasteiger partial charge is 0.493 e. The molecule has 9 heteroatoms. The standard InChI is InChI=1S/C20H31N3O5S/c1-4-21-10-12-22(13-11-21)20(24)16-6-5-9-23(15-16)29(25,26)17-7-8-18(27-2)19(14-17)28-3/h7-8,14,16H,4-6,9-13,15H2,1-3H3/t16-/m1/s1. The number of nitrogens with zero attached hydrogens (tertiary/aromatic N) is 3. The molecular formula is C20H31N3O5S. The van der Waals surface area contributed by atoms with E-state index in [-0.39, 0.29) is 23.3 Å². The van der Waals surface area contributed by atoms with E-state index < -0.39 is 10.0 Å². The minimum absolute atomic E-state index is 0.0768. The molecule has 2 fully saturated rings. The Labute approximate surface area is 173 Å². The van der Waals surface area contributed by atoms with Gasteiger partial charge >= 0.3 is 0 Å². The Bertz CT molecular complexity index is 821. The maximum atomic E-state index is 13.2. The number of carbonyl (C=O) groups excluding carboxylic acids is 1. The summed E-state index contributed by atoms with van der Waals surface area (Å²) in [7, 11) is -0.729. The van der Waals surface area contributed by atoms with Gasteiger partial charge in [-0.25, -0.2) is 8.42 Å². The lowest BCUT2D eigenvalue weighted by Crippen LogP contribution is -2.52. The Kier molecular flexibility index (Phi) is 7.02. The van der Waals surface area contributed by atoms with Crippen molar-refractivity contribution in [2.75, 3.05) is 60.0 Å². The third-order valence-corrected chi connectivity index (χ3v) is 7.72. The third-order valence-electron chi connectivity index (χ3n) is 5.86. The fourth-order valence-electron chi connectivity index (χ4n) is 4.03. The van der Waals surface area contributed by atoms with E-state index in [1.807, 2.05) is 4.90 Å². The van der Waals surface area contributed by atoms with Crippen molar-refractivity contribution in [2.45, 2.75) is 24.7 Å². The zero-order valence-corrected chi connectivity index (χ0v) is 18.3. The number of carbonyl (C=O) groups is 1. The van der Waals surface area contributed by atoms with Crippen molar-refractivity contribution in [1.29, 1.82) is 0 Å². The number of hydrogen-bond acceptors (Lipinski definition) is 6. The van der Waals surface area contributed by atoms with Crippen LogP contribution >= 0.6 is 0 Å². The highest BCUT2D eigenvalue weighted by Gasteiger charge is 2.36. The number of ether oxygens (including phenoxy) is 2. The first kappa shape index (κ1) is 21.9. The van der Waals surface area contributed by atoms with Gasteiger partial charge in [0.15, 0.2) is 11.5 Å². The molecule has 0 radical (unpaired) electrons. The maximum absolute atomic E-state index is 13.2. The van der Waals surface area contributed by atoms with Crippen LogP contribution < -0.4 is 9.47 Å². The van der Waals surface area contributed by atoms with Crippen molar-refractivity contribution in [2.24, 2.45) is 5.92 Å². The summed E-state index contributed by atoms with van der Waals surface area (Å²) in [5.41, 5.74) is 0. The molecule has 2 aliphatic heterocycles. The Morgan fingerprint density at radius 2 is 1.76 bits per heavy atom. The summed E-state index contributed by atoms with van der Waals surface area (Å²) in [6, 6.07) is 4.58. The molecule has 0 unspecified atom stereocenters. The van der Waals surface area contributed by atoms with Crippen LogP contribution in [-0.4, -0.2) is 88.5 Å². The maximum Gasteiger partial charge on any atom is 0.243 e. The summed E-state index contributed by atoms with van der Waals surface area (Å²) in [6.45, 7) is 6.94. The summed E-state index contributed by atoms with van der Waals surface area (Å²) < 4.78 is 38.2. The molecule has 0 N–H and O–H groups in total. The van der Waals surface area contributed by atoms with Crippen LogP contribution in [0, 0.1) is 5.92 Å². The van der Waals surface area contributed by atoms with Crippen LogP contribution in [0.2, 0.25) is 0 Å². The van der Waals surface area contributed by atoms with Crippen LogP contribution in [0.25, 0.3) is 0 Å². The van der Waals surface area contributed by atoms with Crippen LogP contribution in [0.3, 0.4) is 0 Å². The lowest BCUT2D eigenvalue weighted by atomic mass is 9.98. The van der Waals surface area contributed by atoms with Gasteiger partial charge < -0.3 is 19.3 Å². The second kappa shape index (κ2) is 9.32. The molecule has 0 bridgehead atoms. The van der Waals surface area contributed by atoms with Gasteiger partial charge in [-0.1, -0.05) is 6.92 Å². The van der Waals surface area contributed by atoms with Gasteiger partial charge in [0.05, 0.1) is 25.0 Å². The number of piperazine rings is 1. The van der Waals surface area contributed by atoms with Crippen LogP contribution in [0.4, 0.5) is 0 Å². The molecule has 3 rings (SSSR count). The highest BCUT2D eigenvalue weighted by molar-refractivity contribution is 7.89. The van der Waals surface area contributed by atoms with Gasteiger partial charge in [-0.15, -0.1) is 0 Å². The molecule has 29 heavy (non-hydrogen) atoms. The predicted octanol–water partition coefficient (Wildman–Crippen LogP) is 1.27. The van der Waals surface area contributed by atoms with E-state index in [0.29, 0.717) is 37.6 Å². The molecule has 2 saturated heterocycles. The summed E-state index contributed by atoms with van der Waals surface area (Å²) >= 11 is 0. The number of rotatable bonds is 6. The highest BCUT2D eigenvalue weighted by atomic mass is 32.2. The van der Waals surface area contributed by atoms with Gasteiger partial charge in [-0.3, -0.25) is 4.79 Å². The quantitative estimate of drug-likeness (QED) is 0.683. The van der Waals surface area contributed by atoms with Crippen molar-refractivity contribution in [3.8, 4) is 11.5 Å².